The molecule has 5 heteroatoms. The number of imidazole rings is 1. The Balaban J connectivity index is 1.97. The van der Waals surface area contributed by atoms with Gasteiger partial charge < -0.3 is 9.67 Å². The molecule has 1 unspecified atom stereocenters. The van der Waals surface area contributed by atoms with Crippen LogP contribution in [0, 0.1) is 0 Å². The minimum Gasteiger partial charge on any atom is -0.481 e. The third-order valence-electron chi connectivity index (χ3n) is 4.07. The molecule has 0 radical (unpaired) electrons. The van der Waals surface area contributed by atoms with Crippen molar-refractivity contribution in [1.82, 2.24) is 14.5 Å². The zero-order chi connectivity index (χ0) is 14.4. The van der Waals surface area contributed by atoms with Crippen molar-refractivity contribution >= 4 is 5.97 Å². The van der Waals surface area contributed by atoms with E-state index in [0.717, 1.165) is 38.9 Å². The lowest BCUT2D eigenvalue weighted by Gasteiger charge is -2.35. The topological polar surface area (TPSA) is 58.4 Å². The zero-order valence-corrected chi connectivity index (χ0v) is 12.3. The first-order chi connectivity index (χ1) is 9.70. The number of piperidine rings is 1. The van der Waals surface area contributed by atoms with E-state index in [1.54, 1.807) is 0 Å². The number of aromatic nitrogens is 2. The van der Waals surface area contributed by atoms with Crippen LogP contribution in [-0.4, -0.2) is 38.1 Å². The van der Waals surface area contributed by atoms with E-state index in [4.69, 9.17) is 5.11 Å². The standard InChI is InChI=1S/C15H25N3O2/c1-2-8-18-12-16-10-14(18)11-17-9-4-3-5-13(17)6-7-15(19)20/h10,12-13H,2-9,11H2,1H3,(H,19,20). The monoisotopic (exact) mass is 279 g/mol. The summed E-state index contributed by atoms with van der Waals surface area (Å²) >= 11 is 0. The van der Waals surface area contributed by atoms with Gasteiger partial charge in [-0.2, -0.15) is 0 Å². The second-order valence-electron chi connectivity index (χ2n) is 5.63. The zero-order valence-electron chi connectivity index (χ0n) is 12.3. The summed E-state index contributed by atoms with van der Waals surface area (Å²) in [7, 11) is 0. The van der Waals surface area contributed by atoms with Crippen molar-refractivity contribution in [3.63, 3.8) is 0 Å². The maximum Gasteiger partial charge on any atom is 0.303 e. The van der Waals surface area contributed by atoms with Gasteiger partial charge in [0.1, 0.15) is 0 Å². The molecule has 1 aliphatic rings. The van der Waals surface area contributed by atoms with Crippen molar-refractivity contribution in [3.05, 3.63) is 18.2 Å². The SMILES string of the molecule is CCCn1cncc1CN1CCCCC1CCC(=O)O. The molecular formula is C15H25N3O2. The van der Waals surface area contributed by atoms with E-state index in [1.165, 1.54) is 18.5 Å². The molecule has 0 saturated carbocycles. The van der Waals surface area contributed by atoms with Crippen LogP contribution in [0.4, 0.5) is 0 Å². The molecule has 20 heavy (non-hydrogen) atoms. The van der Waals surface area contributed by atoms with Gasteiger partial charge in [-0.15, -0.1) is 0 Å². The summed E-state index contributed by atoms with van der Waals surface area (Å²) in [5.74, 6) is -0.688. The molecule has 1 aromatic rings. The van der Waals surface area contributed by atoms with Crippen molar-refractivity contribution in [2.75, 3.05) is 6.54 Å². The summed E-state index contributed by atoms with van der Waals surface area (Å²) in [6.45, 7) is 5.13. The van der Waals surface area contributed by atoms with E-state index in [-0.39, 0.29) is 6.42 Å². The van der Waals surface area contributed by atoms with Gasteiger partial charge in [0, 0.05) is 31.7 Å². The Bertz CT molecular complexity index is 431. The number of carboxylic acids is 1. The molecule has 0 aliphatic carbocycles. The average molecular weight is 279 g/mol. The number of carboxylic acid groups (broad SMARTS) is 1. The highest BCUT2D eigenvalue weighted by Gasteiger charge is 2.23. The summed E-state index contributed by atoms with van der Waals surface area (Å²) in [6, 6.07) is 0.407. The number of rotatable bonds is 7. The molecule has 1 atom stereocenters. The van der Waals surface area contributed by atoms with Crippen LogP contribution in [0.2, 0.25) is 0 Å². The first kappa shape index (κ1) is 15.0. The van der Waals surface area contributed by atoms with Crippen molar-refractivity contribution in [2.45, 2.75) is 64.6 Å². The van der Waals surface area contributed by atoms with E-state index in [2.05, 4.69) is 21.4 Å². The lowest BCUT2D eigenvalue weighted by Crippen LogP contribution is -2.39. The average Bonchev–Trinajstić information content (AvgIpc) is 2.85. The fourth-order valence-electron chi connectivity index (χ4n) is 3.02. The number of hydrogen-bond acceptors (Lipinski definition) is 3. The molecule has 2 heterocycles. The van der Waals surface area contributed by atoms with Crippen molar-refractivity contribution in [1.29, 1.82) is 0 Å². The highest BCUT2D eigenvalue weighted by Crippen LogP contribution is 2.23. The van der Waals surface area contributed by atoms with Crippen LogP contribution in [0.3, 0.4) is 0 Å². The highest BCUT2D eigenvalue weighted by atomic mass is 16.4. The maximum atomic E-state index is 10.8. The predicted molar refractivity (Wildman–Crippen MR) is 77.4 cm³/mol. The van der Waals surface area contributed by atoms with Crippen LogP contribution < -0.4 is 0 Å². The number of likely N-dealkylation sites (tertiary alicyclic amines) is 1. The molecule has 5 nitrogen and oxygen atoms in total. The van der Waals surface area contributed by atoms with Gasteiger partial charge in [-0.05, 0) is 32.2 Å². The van der Waals surface area contributed by atoms with Crippen LogP contribution in [0.1, 0.15) is 51.1 Å². The van der Waals surface area contributed by atoms with Gasteiger partial charge in [0.05, 0.1) is 12.0 Å². The molecular weight excluding hydrogens is 254 g/mol. The largest absolute Gasteiger partial charge is 0.481 e. The van der Waals surface area contributed by atoms with Gasteiger partial charge >= 0.3 is 5.97 Å². The molecule has 1 N–H and O–H groups in total. The molecule has 1 aliphatic heterocycles. The summed E-state index contributed by atoms with van der Waals surface area (Å²) < 4.78 is 2.21. The van der Waals surface area contributed by atoms with E-state index in [1.807, 2.05) is 12.5 Å². The Labute approximate surface area is 120 Å². The molecule has 0 spiro atoms. The van der Waals surface area contributed by atoms with Crippen molar-refractivity contribution in [3.8, 4) is 0 Å². The van der Waals surface area contributed by atoms with E-state index in [9.17, 15) is 4.79 Å². The normalized spacial score (nSPS) is 20.1. The third-order valence-corrected chi connectivity index (χ3v) is 4.07. The van der Waals surface area contributed by atoms with Gasteiger partial charge in [0.2, 0.25) is 0 Å². The Morgan fingerprint density at radius 1 is 1.50 bits per heavy atom. The van der Waals surface area contributed by atoms with Crippen LogP contribution in [-0.2, 0) is 17.9 Å². The summed E-state index contributed by atoms with van der Waals surface area (Å²) in [6.07, 6.45) is 9.53. The van der Waals surface area contributed by atoms with E-state index in [0.29, 0.717) is 6.04 Å². The minimum absolute atomic E-state index is 0.273. The van der Waals surface area contributed by atoms with Crippen molar-refractivity contribution in [2.24, 2.45) is 0 Å². The van der Waals surface area contributed by atoms with E-state index < -0.39 is 5.97 Å². The third kappa shape index (κ3) is 4.07. The molecule has 0 aromatic carbocycles. The fraction of sp³-hybridized carbons (Fsp3) is 0.733. The van der Waals surface area contributed by atoms with Gasteiger partial charge in [0.25, 0.3) is 0 Å². The van der Waals surface area contributed by atoms with Gasteiger partial charge in [-0.3, -0.25) is 9.69 Å². The predicted octanol–water partition coefficient (Wildman–Crippen LogP) is 2.51. The lowest BCUT2D eigenvalue weighted by molar-refractivity contribution is -0.137. The van der Waals surface area contributed by atoms with Gasteiger partial charge in [-0.25, -0.2) is 4.98 Å². The first-order valence-corrected chi connectivity index (χ1v) is 7.65. The highest BCUT2D eigenvalue weighted by molar-refractivity contribution is 5.66. The van der Waals surface area contributed by atoms with Crippen LogP contribution in [0.15, 0.2) is 12.5 Å². The van der Waals surface area contributed by atoms with Crippen molar-refractivity contribution < 1.29 is 9.90 Å². The summed E-state index contributed by atoms with van der Waals surface area (Å²) in [5.41, 5.74) is 1.24. The molecule has 1 saturated heterocycles. The summed E-state index contributed by atoms with van der Waals surface area (Å²) in [4.78, 5) is 17.5. The lowest BCUT2D eigenvalue weighted by atomic mass is 9.98. The number of carbonyl (C=O) groups is 1. The quantitative estimate of drug-likeness (QED) is 0.833. The number of aliphatic carboxylic acids is 1. The second-order valence-corrected chi connectivity index (χ2v) is 5.63. The minimum atomic E-state index is -0.688. The van der Waals surface area contributed by atoms with Gasteiger partial charge in [0.15, 0.2) is 0 Å². The summed E-state index contributed by atoms with van der Waals surface area (Å²) in [5, 5.41) is 8.87. The molecule has 0 amide bonds. The Kier molecular flexibility index (Phi) is 5.59. The number of nitrogens with zero attached hydrogens (tertiary/aromatic N) is 3. The Hall–Kier alpha value is -1.36. The molecule has 112 valence electrons. The smallest absolute Gasteiger partial charge is 0.303 e. The van der Waals surface area contributed by atoms with Crippen LogP contribution in [0.5, 0.6) is 0 Å². The first-order valence-electron chi connectivity index (χ1n) is 7.65. The number of aryl methyl sites for hydroxylation is 1. The Morgan fingerprint density at radius 3 is 3.10 bits per heavy atom. The molecule has 0 bridgehead atoms. The van der Waals surface area contributed by atoms with Crippen LogP contribution >= 0.6 is 0 Å². The number of hydrogen-bond donors (Lipinski definition) is 1. The maximum absolute atomic E-state index is 10.8. The van der Waals surface area contributed by atoms with Gasteiger partial charge in [-0.1, -0.05) is 13.3 Å². The van der Waals surface area contributed by atoms with Crippen LogP contribution in [0.25, 0.3) is 0 Å². The fourth-order valence-corrected chi connectivity index (χ4v) is 3.02. The molecule has 1 aromatic heterocycles. The van der Waals surface area contributed by atoms with E-state index >= 15 is 0 Å². The molecule has 2 rings (SSSR count). The second kappa shape index (κ2) is 7.43. The molecule has 1 fully saturated rings. The Morgan fingerprint density at radius 2 is 2.35 bits per heavy atom.